The molecule has 0 fully saturated rings. The first kappa shape index (κ1) is 56.3. The number of carbonyl (C=O) groups excluding carboxylic acids is 3. The normalized spacial score (nSPS) is 12.9. The minimum atomic E-state index is -0.807. The Kier molecular flexibility index (Phi) is 45.1. The van der Waals surface area contributed by atoms with Gasteiger partial charge in [0.05, 0.1) is 0 Å². The second kappa shape index (κ2) is 48.0. The van der Waals surface area contributed by atoms with Crippen LogP contribution in [0.15, 0.2) is 97.2 Å². The van der Waals surface area contributed by atoms with Crippen molar-refractivity contribution in [3.05, 3.63) is 97.2 Å². The maximum atomic E-state index is 12.7. The van der Waals surface area contributed by atoms with Gasteiger partial charge in [-0.1, -0.05) is 189 Å². The zero-order valence-electron chi connectivity index (χ0n) is 38.7. The average molecular weight is 833 g/mol. The summed E-state index contributed by atoms with van der Waals surface area (Å²) >= 11 is 0. The van der Waals surface area contributed by atoms with Gasteiger partial charge in [-0.25, -0.2) is 0 Å². The van der Waals surface area contributed by atoms with Crippen molar-refractivity contribution in [3.8, 4) is 0 Å². The first-order valence-corrected chi connectivity index (χ1v) is 24.2. The Morgan fingerprint density at radius 1 is 0.350 bits per heavy atom. The second-order valence-electron chi connectivity index (χ2n) is 15.6. The molecule has 0 spiro atoms. The SMILES string of the molecule is CC/C=C\C/C=C\C/C=C\C/C=C\CCCCCCC(=O)OCC(COC(=O)CCCCCCCCCCCC)OC(=O)CCCC/C=C\C/C=C\C/C=C\C/C=C\CC. The van der Waals surface area contributed by atoms with Crippen LogP contribution in [0.25, 0.3) is 0 Å². The Hall–Kier alpha value is -3.67. The molecule has 6 nitrogen and oxygen atoms in total. The summed E-state index contributed by atoms with van der Waals surface area (Å²) in [5, 5.41) is 0. The molecule has 0 aliphatic rings. The van der Waals surface area contributed by atoms with Crippen LogP contribution in [0, 0.1) is 0 Å². The topological polar surface area (TPSA) is 78.9 Å². The molecule has 0 aliphatic carbocycles. The van der Waals surface area contributed by atoms with Crippen LogP contribution in [-0.4, -0.2) is 37.2 Å². The smallest absolute Gasteiger partial charge is 0.306 e. The average Bonchev–Trinajstić information content (AvgIpc) is 3.24. The van der Waals surface area contributed by atoms with E-state index >= 15 is 0 Å². The quantitative estimate of drug-likeness (QED) is 0.0264. The predicted molar refractivity (Wildman–Crippen MR) is 256 cm³/mol. The molecule has 0 radical (unpaired) electrons. The van der Waals surface area contributed by atoms with Crippen molar-refractivity contribution in [1.82, 2.24) is 0 Å². The minimum Gasteiger partial charge on any atom is -0.462 e. The van der Waals surface area contributed by atoms with E-state index in [9.17, 15) is 14.4 Å². The summed E-state index contributed by atoms with van der Waals surface area (Å²) in [6.45, 7) is 6.32. The van der Waals surface area contributed by atoms with Crippen molar-refractivity contribution >= 4 is 17.9 Å². The van der Waals surface area contributed by atoms with Gasteiger partial charge in [-0.2, -0.15) is 0 Å². The third-order valence-electron chi connectivity index (χ3n) is 9.83. The largest absolute Gasteiger partial charge is 0.462 e. The van der Waals surface area contributed by atoms with E-state index in [0.717, 1.165) is 116 Å². The highest BCUT2D eigenvalue weighted by atomic mass is 16.6. The molecule has 0 N–H and O–H groups in total. The maximum absolute atomic E-state index is 12.7. The maximum Gasteiger partial charge on any atom is 0.306 e. The van der Waals surface area contributed by atoms with Crippen LogP contribution in [0.5, 0.6) is 0 Å². The molecule has 6 heteroatoms. The van der Waals surface area contributed by atoms with E-state index in [1.54, 1.807) is 0 Å². The fourth-order valence-electron chi connectivity index (χ4n) is 6.25. The number of carbonyl (C=O) groups is 3. The van der Waals surface area contributed by atoms with E-state index in [-0.39, 0.29) is 37.5 Å². The first-order valence-electron chi connectivity index (χ1n) is 24.2. The van der Waals surface area contributed by atoms with Gasteiger partial charge in [0, 0.05) is 19.3 Å². The lowest BCUT2D eigenvalue weighted by atomic mass is 10.1. The predicted octanol–water partition coefficient (Wildman–Crippen LogP) is 15.8. The highest BCUT2D eigenvalue weighted by Crippen LogP contribution is 2.13. The lowest BCUT2D eigenvalue weighted by molar-refractivity contribution is -0.167. The Morgan fingerprint density at radius 3 is 1.05 bits per heavy atom. The number of esters is 3. The summed E-state index contributed by atoms with van der Waals surface area (Å²) in [5.41, 5.74) is 0. The molecule has 0 aromatic heterocycles. The van der Waals surface area contributed by atoms with Crippen LogP contribution in [0.1, 0.15) is 207 Å². The van der Waals surface area contributed by atoms with E-state index in [1.165, 1.54) is 44.9 Å². The fraction of sp³-hybridized carbons (Fsp3) is 0.648. The van der Waals surface area contributed by atoms with Crippen molar-refractivity contribution in [3.63, 3.8) is 0 Å². The summed E-state index contributed by atoms with van der Waals surface area (Å²) < 4.78 is 16.7. The lowest BCUT2D eigenvalue weighted by Gasteiger charge is -2.18. The van der Waals surface area contributed by atoms with E-state index in [2.05, 4.69) is 118 Å². The minimum absolute atomic E-state index is 0.102. The Morgan fingerprint density at radius 2 is 0.650 bits per heavy atom. The van der Waals surface area contributed by atoms with Gasteiger partial charge in [0.2, 0.25) is 0 Å². The van der Waals surface area contributed by atoms with Crippen molar-refractivity contribution < 1.29 is 28.6 Å². The number of unbranched alkanes of at least 4 members (excludes halogenated alkanes) is 15. The summed E-state index contributed by atoms with van der Waals surface area (Å²) in [5.74, 6) is -0.977. The fourth-order valence-corrected chi connectivity index (χ4v) is 6.25. The summed E-state index contributed by atoms with van der Waals surface area (Å²) in [4.78, 5) is 37.8. The van der Waals surface area contributed by atoms with Crippen LogP contribution in [-0.2, 0) is 28.6 Å². The molecule has 0 heterocycles. The number of hydrogen-bond donors (Lipinski definition) is 0. The second-order valence-corrected chi connectivity index (χ2v) is 15.6. The lowest BCUT2D eigenvalue weighted by Crippen LogP contribution is -2.30. The van der Waals surface area contributed by atoms with Gasteiger partial charge in [-0.3, -0.25) is 14.4 Å². The zero-order chi connectivity index (χ0) is 43.7. The monoisotopic (exact) mass is 833 g/mol. The Balaban J connectivity index is 4.49. The first-order chi connectivity index (χ1) is 29.5. The molecular formula is C54H88O6. The van der Waals surface area contributed by atoms with E-state index in [1.807, 2.05) is 0 Å². The number of rotatable bonds is 42. The molecular weight excluding hydrogens is 745 g/mol. The molecule has 60 heavy (non-hydrogen) atoms. The standard InChI is InChI=1S/C54H88O6/c1-4-7-10-13-16-19-22-24-26-27-29-30-32-35-38-41-44-47-53(56)59-50-51(49-58-52(55)46-43-40-37-34-21-18-15-12-9-6-3)60-54(57)48-45-42-39-36-33-31-28-25-23-20-17-14-11-8-5-2/h7-8,10-11,16-17,19-20,24-26,28-30,33,36,51H,4-6,9,12-15,18,21-23,27,31-32,34-35,37-50H2,1-3H3/b10-7-,11-8-,19-16-,20-17-,26-24-,28-25-,30-29-,36-33-. The van der Waals surface area contributed by atoms with Crippen molar-refractivity contribution in [2.75, 3.05) is 13.2 Å². The van der Waals surface area contributed by atoms with E-state index in [4.69, 9.17) is 14.2 Å². The molecule has 0 amide bonds. The molecule has 0 aliphatic heterocycles. The molecule has 1 atom stereocenters. The molecule has 0 saturated carbocycles. The summed E-state index contributed by atoms with van der Waals surface area (Å²) in [6.07, 6.45) is 62.5. The zero-order valence-corrected chi connectivity index (χ0v) is 38.7. The van der Waals surface area contributed by atoms with Gasteiger partial charge >= 0.3 is 17.9 Å². The van der Waals surface area contributed by atoms with Gasteiger partial charge in [0.25, 0.3) is 0 Å². The Bertz CT molecular complexity index is 1230. The van der Waals surface area contributed by atoms with Gasteiger partial charge in [0.1, 0.15) is 13.2 Å². The number of hydrogen-bond acceptors (Lipinski definition) is 6. The van der Waals surface area contributed by atoms with Gasteiger partial charge in [-0.05, 0) is 96.3 Å². The van der Waals surface area contributed by atoms with Gasteiger partial charge in [-0.15, -0.1) is 0 Å². The van der Waals surface area contributed by atoms with Gasteiger partial charge < -0.3 is 14.2 Å². The molecule has 0 aromatic carbocycles. The highest BCUT2D eigenvalue weighted by Gasteiger charge is 2.19. The third-order valence-corrected chi connectivity index (χ3v) is 9.83. The van der Waals surface area contributed by atoms with Crippen molar-refractivity contribution in [1.29, 1.82) is 0 Å². The molecule has 0 aromatic rings. The van der Waals surface area contributed by atoms with Crippen LogP contribution in [0.4, 0.5) is 0 Å². The van der Waals surface area contributed by atoms with Crippen LogP contribution in [0.2, 0.25) is 0 Å². The van der Waals surface area contributed by atoms with E-state index < -0.39 is 6.10 Å². The third kappa shape index (κ3) is 45.4. The van der Waals surface area contributed by atoms with Crippen molar-refractivity contribution in [2.45, 2.75) is 213 Å². The molecule has 0 saturated heterocycles. The molecule has 0 rings (SSSR count). The van der Waals surface area contributed by atoms with Crippen molar-refractivity contribution in [2.24, 2.45) is 0 Å². The summed E-state index contributed by atoms with van der Waals surface area (Å²) in [6, 6.07) is 0. The Labute approximate surface area is 368 Å². The molecule has 340 valence electrons. The summed E-state index contributed by atoms with van der Waals surface area (Å²) in [7, 11) is 0. The van der Waals surface area contributed by atoms with E-state index in [0.29, 0.717) is 19.3 Å². The van der Waals surface area contributed by atoms with Crippen LogP contribution in [0.3, 0.4) is 0 Å². The van der Waals surface area contributed by atoms with Crippen LogP contribution < -0.4 is 0 Å². The van der Waals surface area contributed by atoms with Crippen LogP contribution >= 0.6 is 0 Å². The highest BCUT2D eigenvalue weighted by molar-refractivity contribution is 5.71. The molecule has 1 unspecified atom stereocenters. The van der Waals surface area contributed by atoms with Gasteiger partial charge in [0.15, 0.2) is 6.10 Å². The number of ether oxygens (including phenoxy) is 3. The number of allylic oxidation sites excluding steroid dienone is 16. The molecule has 0 bridgehead atoms.